The smallest absolute Gasteiger partial charge is 0.325 e. The molecule has 0 saturated heterocycles. The number of hydrogen-bond acceptors (Lipinski definition) is 6. The summed E-state index contributed by atoms with van der Waals surface area (Å²) >= 11 is 0. The van der Waals surface area contributed by atoms with Crippen molar-refractivity contribution in [2.45, 2.75) is 31.2 Å². The lowest BCUT2D eigenvalue weighted by atomic mass is 10.1. The largest absolute Gasteiger partial charge is 0.497 e. The first-order chi connectivity index (χ1) is 10.8. The molecule has 0 heterocycles. The maximum atomic E-state index is 12.4. The highest BCUT2D eigenvalue weighted by Gasteiger charge is 2.27. The molecular formula is C15H20N2O5S. The zero-order valence-electron chi connectivity index (χ0n) is 13.3. The van der Waals surface area contributed by atoms with Crippen molar-refractivity contribution >= 4 is 16.0 Å². The number of carbonyl (C=O) groups excluding carboxylic acids is 1. The highest BCUT2D eigenvalue weighted by molar-refractivity contribution is 7.89. The summed E-state index contributed by atoms with van der Waals surface area (Å²) in [4.78, 5) is 11.9. The summed E-state index contributed by atoms with van der Waals surface area (Å²) in [7, 11) is -2.41. The van der Waals surface area contributed by atoms with Crippen LogP contribution < -0.4 is 9.46 Å². The van der Waals surface area contributed by atoms with Crippen LogP contribution in [0, 0.1) is 17.2 Å². The Kier molecular flexibility index (Phi) is 7.00. The van der Waals surface area contributed by atoms with Gasteiger partial charge in [0.05, 0.1) is 12.0 Å². The van der Waals surface area contributed by atoms with E-state index in [4.69, 9.17) is 14.7 Å². The maximum absolute atomic E-state index is 12.4. The van der Waals surface area contributed by atoms with E-state index >= 15 is 0 Å². The minimum absolute atomic E-state index is 0.0140. The Labute approximate surface area is 136 Å². The number of hydrogen-bond donors (Lipinski definition) is 1. The van der Waals surface area contributed by atoms with Crippen LogP contribution in [-0.2, 0) is 19.6 Å². The number of methoxy groups -OCH3 is 1. The van der Waals surface area contributed by atoms with Crippen molar-refractivity contribution in [3.63, 3.8) is 0 Å². The molecule has 0 radical (unpaired) electrons. The van der Waals surface area contributed by atoms with Gasteiger partial charge in [-0.25, -0.2) is 8.42 Å². The van der Waals surface area contributed by atoms with Crippen LogP contribution in [0.15, 0.2) is 29.2 Å². The molecule has 0 bridgehead atoms. The van der Waals surface area contributed by atoms with Gasteiger partial charge in [-0.15, -0.1) is 0 Å². The lowest BCUT2D eigenvalue weighted by molar-refractivity contribution is -0.144. The van der Waals surface area contributed by atoms with E-state index in [1.165, 1.54) is 31.4 Å². The lowest BCUT2D eigenvalue weighted by Crippen LogP contribution is -2.42. The zero-order chi connectivity index (χ0) is 17.5. The first kappa shape index (κ1) is 18.9. The number of esters is 1. The Balaban J connectivity index is 2.95. The highest BCUT2D eigenvalue weighted by Crippen LogP contribution is 2.17. The van der Waals surface area contributed by atoms with E-state index < -0.39 is 28.6 Å². The van der Waals surface area contributed by atoms with Gasteiger partial charge in [0.1, 0.15) is 17.9 Å². The van der Waals surface area contributed by atoms with Crippen LogP contribution in [0.25, 0.3) is 0 Å². The molecule has 23 heavy (non-hydrogen) atoms. The van der Waals surface area contributed by atoms with Gasteiger partial charge in [-0.3, -0.25) is 4.79 Å². The lowest BCUT2D eigenvalue weighted by Gasteiger charge is -2.18. The minimum atomic E-state index is -3.89. The average molecular weight is 340 g/mol. The van der Waals surface area contributed by atoms with E-state index in [0.29, 0.717) is 5.75 Å². The number of sulfonamides is 1. The van der Waals surface area contributed by atoms with Crippen LogP contribution >= 0.6 is 0 Å². The molecule has 0 aliphatic rings. The van der Waals surface area contributed by atoms with Crippen molar-refractivity contribution in [1.82, 2.24) is 4.72 Å². The summed E-state index contributed by atoms with van der Waals surface area (Å²) in [5, 5.41) is 8.46. The summed E-state index contributed by atoms with van der Waals surface area (Å²) in [6, 6.07) is 6.43. The van der Waals surface area contributed by atoms with Crippen molar-refractivity contribution < 1.29 is 22.7 Å². The second-order valence-electron chi connectivity index (χ2n) is 5.24. The number of nitrogens with one attached hydrogen (secondary N) is 1. The molecule has 1 aromatic rings. The van der Waals surface area contributed by atoms with E-state index in [0.717, 1.165) is 0 Å². The van der Waals surface area contributed by atoms with Crippen molar-refractivity contribution in [2.24, 2.45) is 5.92 Å². The fraction of sp³-hybridized carbons (Fsp3) is 0.467. The predicted molar refractivity (Wildman–Crippen MR) is 83.1 cm³/mol. The molecule has 0 aromatic heterocycles. The van der Waals surface area contributed by atoms with Gasteiger partial charge in [0, 0.05) is 0 Å². The molecule has 126 valence electrons. The molecular weight excluding hydrogens is 320 g/mol. The summed E-state index contributed by atoms with van der Waals surface area (Å²) in [5.41, 5.74) is 0. The zero-order valence-corrected chi connectivity index (χ0v) is 14.1. The third kappa shape index (κ3) is 5.88. The molecule has 0 saturated carbocycles. The quantitative estimate of drug-likeness (QED) is 0.718. The maximum Gasteiger partial charge on any atom is 0.325 e. The molecule has 1 rings (SSSR count). The molecule has 0 unspecified atom stereocenters. The Bertz CT molecular complexity index is 662. The first-order valence-electron chi connectivity index (χ1n) is 7.00. The molecule has 7 nitrogen and oxygen atoms in total. The van der Waals surface area contributed by atoms with E-state index in [-0.39, 0.29) is 17.2 Å². The van der Waals surface area contributed by atoms with Gasteiger partial charge < -0.3 is 9.47 Å². The predicted octanol–water partition coefficient (Wildman–Crippen LogP) is 1.45. The topological polar surface area (TPSA) is 105 Å². The van der Waals surface area contributed by atoms with Crippen molar-refractivity contribution in [1.29, 1.82) is 5.26 Å². The van der Waals surface area contributed by atoms with Gasteiger partial charge in [0.25, 0.3) is 0 Å². The number of nitriles is 1. The minimum Gasteiger partial charge on any atom is -0.497 e. The molecule has 0 aliphatic heterocycles. The summed E-state index contributed by atoms with van der Waals surface area (Å²) in [5.74, 6) is -0.179. The SMILES string of the molecule is COc1ccc(S(=O)(=O)N[C@H](CC(C)C)C(=O)OCC#N)cc1. The van der Waals surface area contributed by atoms with Gasteiger partial charge in [-0.05, 0) is 36.6 Å². The number of carbonyl (C=O) groups is 1. The van der Waals surface area contributed by atoms with E-state index in [1.54, 1.807) is 6.07 Å². The Morgan fingerprint density at radius 2 is 1.91 bits per heavy atom. The number of nitrogens with zero attached hydrogens (tertiary/aromatic N) is 1. The second-order valence-corrected chi connectivity index (χ2v) is 6.96. The van der Waals surface area contributed by atoms with Crippen LogP contribution in [0.4, 0.5) is 0 Å². The first-order valence-corrected chi connectivity index (χ1v) is 8.48. The van der Waals surface area contributed by atoms with E-state index in [2.05, 4.69) is 4.72 Å². The second kappa shape index (κ2) is 8.50. The van der Waals surface area contributed by atoms with Crippen LogP contribution in [-0.4, -0.2) is 34.1 Å². The van der Waals surface area contributed by atoms with Gasteiger partial charge in [-0.2, -0.15) is 9.98 Å². The summed E-state index contributed by atoms with van der Waals surface area (Å²) < 4.78 is 36.8. The highest BCUT2D eigenvalue weighted by atomic mass is 32.2. The van der Waals surface area contributed by atoms with Crippen LogP contribution in [0.1, 0.15) is 20.3 Å². The van der Waals surface area contributed by atoms with E-state index in [1.807, 2.05) is 13.8 Å². The van der Waals surface area contributed by atoms with Gasteiger partial charge >= 0.3 is 5.97 Å². The molecule has 1 N–H and O–H groups in total. The van der Waals surface area contributed by atoms with Crippen molar-refractivity contribution in [3.8, 4) is 11.8 Å². The van der Waals surface area contributed by atoms with Crippen LogP contribution in [0.5, 0.6) is 5.75 Å². The Morgan fingerprint density at radius 1 is 1.30 bits per heavy atom. The molecule has 1 aromatic carbocycles. The molecule has 0 spiro atoms. The molecule has 1 atom stereocenters. The van der Waals surface area contributed by atoms with Crippen LogP contribution in [0.2, 0.25) is 0 Å². The molecule has 0 aliphatic carbocycles. The summed E-state index contributed by atoms with van der Waals surface area (Å²) in [6.07, 6.45) is 0.264. The van der Waals surface area contributed by atoms with Crippen molar-refractivity contribution in [2.75, 3.05) is 13.7 Å². The molecule has 0 amide bonds. The fourth-order valence-electron chi connectivity index (χ4n) is 1.88. The van der Waals surface area contributed by atoms with E-state index in [9.17, 15) is 13.2 Å². The fourth-order valence-corrected chi connectivity index (χ4v) is 3.08. The standard InChI is InChI=1S/C15H20N2O5S/c1-11(2)10-14(15(18)22-9-8-16)17-23(19,20)13-6-4-12(21-3)5-7-13/h4-7,11,14,17H,9-10H2,1-3H3/t14-/m1/s1. The van der Waals surface area contributed by atoms with Gasteiger partial charge in [0.15, 0.2) is 6.61 Å². The number of ether oxygens (including phenoxy) is 2. The van der Waals surface area contributed by atoms with Gasteiger partial charge in [-0.1, -0.05) is 13.8 Å². The normalized spacial score (nSPS) is 12.5. The molecule has 8 heteroatoms. The third-order valence-electron chi connectivity index (χ3n) is 2.94. The van der Waals surface area contributed by atoms with Gasteiger partial charge in [0.2, 0.25) is 10.0 Å². The Hall–Kier alpha value is -2.11. The Morgan fingerprint density at radius 3 is 2.39 bits per heavy atom. The molecule has 0 fully saturated rings. The number of benzene rings is 1. The average Bonchev–Trinajstić information content (AvgIpc) is 2.51. The summed E-state index contributed by atoms with van der Waals surface area (Å²) in [6.45, 7) is 3.29. The monoisotopic (exact) mass is 340 g/mol. The third-order valence-corrected chi connectivity index (χ3v) is 4.43. The van der Waals surface area contributed by atoms with Crippen molar-refractivity contribution in [3.05, 3.63) is 24.3 Å². The number of rotatable bonds is 8. The van der Waals surface area contributed by atoms with Crippen LogP contribution in [0.3, 0.4) is 0 Å².